The number of nitrogens with zero attached hydrogens (tertiary/aromatic N) is 1. The van der Waals surface area contributed by atoms with Crippen molar-refractivity contribution in [3.63, 3.8) is 0 Å². The van der Waals surface area contributed by atoms with E-state index in [0.717, 1.165) is 28.0 Å². The molecule has 0 spiro atoms. The van der Waals surface area contributed by atoms with Gasteiger partial charge in [-0.25, -0.2) is 0 Å². The molecule has 1 aliphatic rings. The van der Waals surface area contributed by atoms with E-state index in [1.165, 1.54) is 11.8 Å². The van der Waals surface area contributed by atoms with E-state index >= 15 is 0 Å². The molecule has 0 unspecified atom stereocenters. The molecule has 0 aromatic heterocycles. The van der Waals surface area contributed by atoms with Gasteiger partial charge in [-0.05, 0) is 24.6 Å². The van der Waals surface area contributed by atoms with Crippen LogP contribution in [0.3, 0.4) is 0 Å². The zero-order valence-electron chi connectivity index (χ0n) is 11.6. The lowest BCUT2D eigenvalue weighted by atomic mass is 10.2. The molecule has 0 saturated carbocycles. The zero-order chi connectivity index (χ0) is 14.4. The van der Waals surface area contributed by atoms with Crippen LogP contribution < -0.4 is 10.1 Å². The summed E-state index contributed by atoms with van der Waals surface area (Å²) in [6.07, 6.45) is 0. The first-order valence-electron chi connectivity index (χ1n) is 6.43. The minimum absolute atomic E-state index is 0.0426. The number of hydrogen-bond acceptors (Lipinski definition) is 5. The fraction of sp³-hybridized carbons (Fsp3) is 0.429. The Labute approximate surface area is 127 Å². The first kappa shape index (κ1) is 15.3. The van der Waals surface area contributed by atoms with E-state index in [1.54, 1.807) is 18.9 Å². The number of aliphatic imine (C=N–C) groups is 1. The molecule has 1 heterocycles. The molecule has 20 heavy (non-hydrogen) atoms. The van der Waals surface area contributed by atoms with E-state index in [4.69, 9.17) is 4.74 Å². The maximum atomic E-state index is 12.0. The van der Waals surface area contributed by atoms with E-state index < -0.39 is 0 Å². The molecule has 1 N–H and O–H groups in total. The first-order chi connectivity index (χ1) is 9.69. The van der Waals surface area contributed by atoms with Crippen LogP contribution >= 0.6 is 23.5 Å². The molecule has 1 atom stereocenters. The van der Waals surface area contributed by atoms with Gasteiger partial charge in [-0.2, -0.15) is 0 Å². The first-order valence-corrected chi connectivity index (χ1v) is 8.30. The Morgan fingerprint density at radius 3 is 2.85 bits per heavy atom. The number of thioether (sulfide) groups is 2. The van der Waals surface area contributed by atoms with Crippen LogP contribution in [-0.2, 0) is 11.3 Å². The molecule has 4 nitrogen and oxygen atoms in total. The SMILES string of the molecule is COc1ccc(CNC(=O)[C@H](C)SC2=NCCS2)cc1. The lowest BCUT2D eigenvalue weighted by Gasteiger charge is -2.11. The molecule has 1 aliphatic heterocycles. The van der Waals surface area contributed by atoms with Crippen molar-refractivity contribution in [3.8, 4) is 5.75 Å². The quantitative estimate of drug-likeness (QED) is 0.908. The van der Waals surface area contributed by atoms with Gasteiger partial charge >= 0.3 is 0 Å². The standard InChI is InChI=1S/C14H18N2O2S2/c1-10(20-14-15-7-8-19-14)13(17)16-9-11-3-5-12(18-2)6-4-11/h3-6,10H,7-9H2,1-2H3,(H,16,17)/t10-/m0/s1. The van der Waals surface area contributed by atoms with Crippen LogP contribution in [-0.4, -0.2) is 34.9 Å². The molecule has 0 bridgehead atoms. The number of methoxy groups -OCH3 is 1. The molecule has 108 valence electrons. The van der Waals surface area contributed by atoms with Crippen molar-refractivity contribution < 1.29 is 9.53 Å². The van der Waals surface area contributed by atoms with Gasteiger partial charge in [0, 0.05) is 12.3 Å². The second-order valence-corrected chi connectivity index (χ2v) is 6.99. The van der Waals surface area contributed by atoms with Gasteiger partial charge in [0.05, 0.1) is 18.9 Å². The van der Waals surface area contributed by atoms with Crippen LogP contribution in [0, 0.1) is 0 Å². The predicted octanol–water partition coefficient (Wildman–Crippen LogP) is 2.54. The Bertz CT molecular complexity index is 488. The second kappa shape index (κ2) is 7.59. The van der Waals surface area contributed by atoms with Crippen molar-refractivity contribution in [1.29, 1.82) is 0 Å². The summed E-state index contributed by atoms with van der Waals surface area (Å²) in [4.78, 5) is 16.4. The molecule has 0 fully saturated rings. The molecule has 1 amide bonds. The average Bonchev–Trinajstić information content (AvgIpc) is 2.98. The topological polar surface area (TPSA) is 50.7 Å². The number of nitrogens with one attached hydrogen (secondary N) is 1. The molecular formula is C14H18N2O2S2. The van der Waals surface area contributed by atoms with Crippen molar-refractivity contribution in [2.24, 2.45) is 4.99 Å². The van der Waals surface area contributed by atoms with Crippen LogP contribution in [0.4, 0.5) is 0 Å². The highest BCUT2D eigenvalue weighted by atomic mass is 32.2. The minimum atomic E-state index is -0.113. The number of benzene rings is 1. The van der Waals surface area contributed by atoms with E-state index in [1.807, 2.05) is 31.2 Å². The van der Waals surface area contributed by atoms with Crippen molar-refractivity contribution in [2.75, 3.05) is 19.4 Å². The van der Waals surface area contributed by atoms with Crippen molar-refractivity contribution in [1.82, 2.24) is 5.32 Å². The minimum Gasteiger partial charge on any atom is -0.497 e. The number of amides is 1. The predicted molar refractivity (Wildman–Crippen MR) is 86.7 cm³/mol. The fourth-order valence-electron chi connectivity index (χ4n) is 1.67. The summed E-state index contributed by atoms with van der Waals surface area (Å²) in [6, 6.07) is 7.69. The molecule has 0 radical (unpaired) electrons. The molecule has 6 heteroatoms. The Balaban J connectivity index is 1.78. The normalized spacial score (nSPS) is 15.6. The zero-order valence-corrected chi connectivity index (χ0v) is 13.2. The monoisotopic (exact) mass is 310 g/mol. The Morgan fingerprint density at radius 1 is 1.50 bits per heavy atom. The van der Waals surface area contributed by atoms with Crippen LogP contribution in [0.2, 0.25) is 0 Å². The number of hydrogen-bond donors (Lipinski definition) is 1. The highest BCUT2D eigenvalue weighted by molar-refractivity contribution is 8.39. The summed E-state index contributed by atoms with van der Waals surface area (Å²) in [5.41, 5.74) is 1.06. The highest BCUT2D eigenvalue weighted by Gasteiger charge is 2.18. The summed E-state index contributed by atoms with van der Waals surface area (Å²) in [5.74, 6) is 1.89. The van der Waals surface area contributed by atoms with Crippen LogP contribution in [0.5, 0.6) is 5.75 Å². The van der Waals surface area contributed by atoms with Crippen molar-refractivity contribution >= 4 is 33.8 Å². The summed E-state index contributed by atoms with van der Waals surface area (Å²) in [6.45, 7) is 3.32. The second-order valence-electron chi connectivity index (χ2n) is 4.32. The Kier molecular flexibility index (Phi) is 5.79. The largest absolute Gasteiger partial charge is 0.497 e. The van der Waals surface area contributed by atoms with Gasteiger partial charge in [-0.15, -0.1) is 0 Å². The van der Waals surface area contributed by atoms with Gasteiger partial charge in [-0.3, -0.25) is 9.79 Å². The number of rotatable bonds is 5. The third-order valence-corrected chi connectivity index (χ3v) is 5.13. The molecule has 1 aromatic carbocycles. The molecule has 0 aliphatic carbocycles. The summed E-state index contributed by atoms with van der Waals surface area (Å²) >= 11 is 3.26. The molecule has 2 rings (SSSR count). The van der Waals surface area contributed by atoms with E-state index in [0.29, 0.717) is 6.54 Å². The van der Waals surface area contributed by atoms with Crippen LogP contribution in [0.1, 0.15) is 12.5 Å². The smallest absolute Gasteiger partial charge is 0.233 e. The third-order valence-electron chi connectivity index (χ3n) is 2.83. The molecule has 1 aromatic rings. The Morgan fingerprint density at radius 2 is 2.25 bits per heavy atom. The van der Waals surface area contributed by atoms with Crippen molar-refractivity contribution in [3.05, 3.63) is 29.8 Å². The van der Waals surface area contributed by atoms with E-state index in [2.05, 4.69) is 10.3 Å². The lowest BCUT2D eigenvalue weighted by molar-refractivity contribution is -0.120. The van der Waals surface area contributed by atoms with Gasteiger partial charge < -0.3 is 10.1 Å². The summed E-state index contributed by atoms with van der Waals surface area (Å²) in [7, 11) is 1.64. The maximum absolute atomic E-state index is 12.0. The average molecular weight is 310 g/mol. The summed E-state index contributed by atoms with van der Waals surface area (Å²) in [5, 5.41) is 2.83. The number of carbonyl (C=O) groups excluding carboxylic acids is 1. The maximum Gasteiger partial charge on any atom is 0.233 e. The van der Waals surface area contributed by atoms with Gasteiger partial charge in [-0.1, -0.05) is 35.7 Å². The van der Waals surface area contributed by atoms with Gasteiger partial charge in [0.25, 0.3) is 0 Å². The van der Waals surface area contributed by atoms with E-state index in [-0.39, 0.29) is 11.2 Å². The molecular weight excluding hydrogens is 292 g/mol. The van der Waals surface area contributed by atoms with Crippen LogP contribution in [0.25, 0.3) is 0 Å². The van der Waals surface area contributed by atoms with Crippen molar-refractivity contribution in [2.45, 2.75) is 18.7 Å². The number of ether oxygens (including phenoxy) is 1. The van der Waals surface area contributed by atoms with E-state index in [9.17, 15) is 4.79 Å². The third kappa shape index (κ3) is 4.45. The van der Waals surface area contributed by atoms with Crippen LogP contribution in [0.15, 0.2) is 29.3 Å². The Hall–Kier alpha value is -1.14. The fourth-order valence-corrected chi connectivity index (χ4v) is 3.82. The number of carbonyl (C=O) groups is 1. The van der Waals surface area contributed by atoms with Gasteiger partial charge in [0.2, 0.25) is 5.91 Å². The van der Waals surface area contributed by atoms with Gasteiger partial charge in [0.1, 0.15) is 10.1 Å². The lowest BCUT2D eigenvalue weighted by Crippen LogP contribution is -2.30. The van der Waals surface area contributed by atoms with Gasteiger partial charge in [0.15, 0.2) is 0 Å². The molecule has 0 saturated heterocycles. The summed E-state index contributed by atoms with van der Waals surface area (Å²) < 4.78 is 6.13. The highest BCUT2D eigenvalue weighted by Crippen LogP contribution is 2.25.